The topological polar surface area (TPSA) is 104 Å². The van der Waals surface area contributed by atoms with Crippen LogP contribution < -0.4 is 22.9 Å². The average Bonchev–Trinajstić information content (AvgIpc) is 1.89. The normalized spacial score (nSPS) is 13.6. The fourth-order valence-corrected chi connectivity index (χ4v) is 0. The van der Waals surface area contributed by atoms with E-state index in [1.807, 2.05) is 13.8 Å². The second kappa shape index (κ2) is 13.0. The molecule has 0 fully saturated rings. The Morgan fingerprint density at radius 1 is 0.909 bits per heavy atom. The van der Waals surface area contributed by atoms with Gasteiger partial charge in [0.2, 0.25) is 0 Å². The molecule has 0 spiro atoms. The van der Waals surface area contributed by atoms with Crippen LogP contribution in [0.2, 0.25) is 0 Å². The quantitative estimate of drug-likeness (QED) is 0.421. The van der Waals surface area contributed by atoms with E-state index in [9.17, 15) is 0 Å². The minimum atomic E-state index is 0. The van der Waals surface area contributed by atoms with Gasteiger partial charge in [-0.2, -0.15) is 0 Å². The molecule has 11 heavy (non-hydrogen) atoms. The van der Waals surface area contributed by atoms with Gasteiger partial charge in [0, 0.05) is 25.2 Å². The first-order chi connectivity index (χ1) is 4.54. The summed E-state index contributed by atoms with van der Waals surface area (Å²) in [4.78, 5) is 0. The first kappa shape index (κ1) is 17.4. The van der Waals surface area contributed by atoms with Crippen LogP contribution in [-0.2, 0) is 17.1 Å². The van der Waals surface area contributed by atoms with E-state index in [0.717, 1.165) is 0 Å². The third-order valence-electron chi connectivity index (χ3n) is 0.744. The van der Waals surface area contributed by atoms with Crippen LogP contribution in [0.4, 0.5) is 0 Å². The molecule has 0 aromatic carbocycles. The van der Waals surface area contributed by atoms with Gasteiger partial charge in [-0.1, -0.05) is 0 Å². The maximum Gasteiger partial charge on any atom is 2.00 e. The van der Waals surface area contributed by atoms with Gasteiger partial charge in [-0.05, 0) is 13.8 Å². The molecule has 0 bridgehead atoms. The van der Waals surface area contributed by atoms with Gasteiger partial charge in [0.15, 0.2) is 0 Å². The fraction of sp³-hybridized carbons (Fsp3) is 1.00. The third-order valence-corrected chi connectivity index (χ3v) is 0.744. The van der Waals surface area contributed by atoms with E-state index >= 15 is 0 Å². The van der Waals surface area contributed by atoms with Gasteiger partial charge in [0.05, 0.1) is 0 Å². The summed E-state index contributed by atoms with van der Waals surface area (Å²) in [6.07, 6.45) is 0. The van der Waals surface area contributed by atoms with Crippen LogP contribution >= 0.6 is 0 Å². The van der Waals surface area contributed by atoms with Crippen molar-refractivity contribution in [2.75, 3.05) is 13.1 Å². The summed E-state index contributed by atoms with van der Waals surface area (Å²) >= 11 is 0. The monoisotopic (exact) mass is 211 g/mol. The first-order valence-corrected chi connectivity index (χ1v) is 3.45. The minimum Gasteiger partial charge on any atom is -0.329 e. The molecule has 0 saturated heterocycles. The van der Waals surface area contributed by atoms with Gasteiger partial charge in [-0.15, -0.1) is 0 Å². The van der Waals surface area contributed by atoms with Crippen LogP contribution in [0.3, 0.4) is 0 Å². The standard InChI is InChI=1S/2C3H10N2.Cu/c2*1-3(5)2-4;/h2*3H,2,4-5H2,1H3;/q;;+2. The van der Waals surface area contributed by atoms with Crippen LogP contribution in [0.5, 0.6) is 0 Å². The number of nitrogens with two attached hydrogens (primary N) is 4. The van der Waals surface area contributed by atoms with E-state index in [2.05, 4.69) is 0 Å². The van der Waals surface area contributed by atoms with Crippen molar-refractivity contribution < 1.29 is 17.1 Å². The molecule has 0 aromatic heterocycles. The van der Waals surface area contributed by atoms with Gasteiger partial charge in [-0.25, -0.2) is 0 Å². The van der Waals surface area contributed by atoms with Crippen molar-refractivity contribution >= 4 is 0 Å². The molecule has 0 heterocycles. The average molecular weight is 212 g/mol. The van der Waals surface area contributed by atoms with Crippen molar-refractivity contribution in [3.8, 4) is 0 Å². The van der Waals surface area contributed by atoms with Gasteiger partial charge >= 0.3 is 17.1 Å². The predicted molar refractivity (Wildman–Crippen MR) is 45.4 cm³/mol. The summed E-state index contributed by atoms with van der Waals surface area (Å²) in [7, 11) is 0. The van der Waals surface area contributed by atoms with E-state index in [4.69, 9.17) is 22.9 Å². The van der Waals surface area contributed by atoms with Crippen LogP contribution in [0, 0.1) is 0 Å². The molecule has 0 aliphatic rings. The van der Waals surface area contributed by atoms with Gasteiger partial charge in [0.1, 0.15) is 0 Å². The zero-order valence-corrected chi connectivity index (χ0v) is 8.12. The predicted octanol–water partition coefficient (Wildman–Crippen LogP) is -1.42. The summed E-state index contributed by atoms with van der Waals surface area (Å²) in [5, 5.41) is 0. The maximum absolute atomic E-state index is 5.17. The van der Waals surface area contributed by atoms with Gasteiger partial charge < -0.3 is 22.9 Å². The fourth-order valence-electron chi connectivity index (χ4n) is 0. The Labute approximate surface area is 79.5 Å². The van der Waals surface area contributed by atoms with Crippen LogP contribution in [0.15, 0.2) is 0 Å². The second-order valence-corrected chi connectivity index (χ2v) is 2.43. The Bertz CT molecular complexity index is 50.5. The SMILES string of the molecule is CC(N)CN.CC(N)CN.[Cu+2]. The zero-order valence-electron chi connectivity index (χ0n) is 7.18. The molecular formula is C6H20CuN4+2. The third kappa shape index (κ3) is 38.1. The molecule has 1 radical (unpaired) electrons. The maximum atomic E-state index is 5.17. The number of rotatable bonds is 2. The summed E-state index contributed by atoms with van der Waals surface area (Å²) < 4.78 is 0. The van der Waals surface area contributed by atoms with Crippen molar-refractivity contribution in [3.05, 3.63) is 0 Å². The van der Waals surface area contributed by atoms with E-state index in [1.165, 1.54) is 0 Å². The van der Waals surface area contributed by atoms with Gasteiger partial charge in [-0.3, -0.25) is 0 Å². The molecule has 5 heteroatoms. The van der Waals surface area contributed by atoms with Crippen molar-refractivity contribution in [2.45, 2.75) is 25.9 Å². The molecule has 73 valence electrons. The van der Waals surface area contributed by atoms with Crippen molar-refractivity contribution in [3.63, 3.8) is 0 Å². The van der Waals surface area contributed by atoms with Crippen LogP contribution in [-0.4, -0.2) is 25.2 Å². The molecule has 4 nitrogen and oxygen atoms in total. The molecular weight excluding hydrogens is 192 g/mol. The Balaban J connectivity index is -0.000000107. The summed E-state index contributed by atoms with van der Waals surface area (Å²) in [6, 6.07) is 0.324. The molecule has 0 aliphatic heterocycles. The van der Waals surface area contributed by atoms with Crippen molar-refractivity contribution in [2.24, 2.45) is 22.9 Å². The zero-order chi connectivity index (χ0) is 8.57. The Morgan fingerprint density at radius 2 is 1.00 bits per heavy atom. The van der Waals surface area contributed by atoms with E-state index in [1.54, 1.807) is 0 Å². The molecule has 8 N–H and O–H groups in total. The van der Waals surface area contributed by atoms with Gasteiger partial charge in [0.25, 0.3) is 0 Å². The molecule has 0 aromatic rings. The van der Waals surface area contributed by atoms with E-state index < -0.39 is 0 Å². The van der Waals surface area contributed by atoms with Crippen molar-refractivity contribution in [1.29, 1.82) is 0 Å². The number of hydrogen-bond donors (Lipinski definition) is 4. The molecule has 0 saturated carbocycles. The second-order valence-electron chi connectivity index (χ2n) is 2.43. The Hall–Kier alpha value is 0.359. The Morgan fingerprint density at radius 3 is 1.00 bits per heavy atom. The Kier molecular flexibility index (Phi) is 20.6. The van der Waals surface area contributed by atoms with Crippen LogP contribution in [0.1, 0.15) is 13.8 Å². The van der Waals surface area contributed by atoms with E-state index in [0.29, 0.717) is 13.1 Å². The smallest absolute Gasteiger partial charge is 0.329 e. The molecule has 0 amide bonds. The first-order valence-electron chi connectivity index (χ1n) is 3.45. The molecule has 0 rings (SSSR count). The molecule has 2 atom stereocenters. The largest absolute Gasteiger partial charge is 2.00 e. The van der Waals surface area contributed by atoms with Crippen molar-refractivity contribution in [1.82, 2.24) is 0 Å². The summed E-state index contributed by atoms with van der Waals surface area (Å²) in [6.45, 7) is 4.92. The minimum absolute atomic E-state index is 0. The summed E-state index contributed by atoms with van der Waals surface area (Å²) in [5.74, 6) is 0. The molecule has 2 unspecified atom stereocenters. The van der Waals surface area contributed by atoms with E-state index in [-0.39, 0.29) is 29.2 Å². The van der Waals surface area contributed by atoms with Crippen LogP contribution in [0.25, 0.3) is 0 Å². The number of hydrogen-bond acceptors (Lipinski definition) is 4. The molecule has 0 aliphatic carbocycles. The summed E-state index contributed by atoms with van der Waals surface area (Å²) in [5.41, 5.74) is 20.4.